The molecule has 4 N–H and O–H groups in total. The zero-order valence-electron chi connectivity index (χ0n) is 43.2. The van der Waals surface area contributed by atoms with Crippen LogP contribution in [0.2, 0.25) is 10.0 Å². The van der Waals surface area contributed by atoms with Crippen LogP contribution in [0.1, 0.15) is 113 Å². The van der Waals surface area contributed by atoms with E-state index in [1.54, 1.807) is 94.7 Å². The number of benzene rings is 6. The van der Waals surface area contributed by atoms with Crippen molar-refractivity contribution in [2.45, 2.75) is 65.6 Å². The smallest absolute Gasteiger partial charge is 0.400 e. The molecule has 2 atom stereocenters. The number of amides is 4. The minimum absolute atomic E-state index is 0.142. The predicted molar refractivity (Wildman–Crippen MR) is 309 cm³/mol. The summed E-state index contributed by atoms with van der Waals surface area (Å²) in [5, 5.41) is 21.1. The van der Waals surface area contributed by atoms with Crippen LogP contribution in [0.15, 0.2) is 121 Å². The van der Waals surface area contributed by atoms with Crippen molar-refractivity contribution in [2.75, 3.05) is 54.9 Å². The Morgan fingerprint density at radius 2 is 0.961 bits per heavy atom. The van der Waals surface area contributed by atoms with Crippen LogP contribution >= 0.6 is 69.9 Å². The Morgan fingerprint density at radius 3 is 1.38 bits per heavy atom. The number of aryl methyl sites for hydroxylation is 4. The average molecular weight is 1190 g/mol. The van der Waals surface area contributed by atoms with E-state index in [1.165, 1.54) is 14.2 Å². The Bertz CT molecular complexity index is 3180. The summed E-state index contributed by atoms with van der Waals surface area (Å²) in [4.78, 5) is 56.0. The van der Waals surface area contributed by atoms with E-state index >= 15 is 0 Å². The van der Waals surface area contributed by atoms with E-state index in [2.05, 4.69) is 44.4 Å². The lowest BCUT2D eigenvalue weighted by Gasteiger charge is -2.26. The second kappa shape index (κ2) is 28.7. The summed E-state index contributed by atoms with van der Waals surface area (Å²) in [7, 11) is -0.262. The maximum Gasteiger partial charge on any atom is 0.474 e. The van der Waals surface area contributed by atoms with Gasteiger partial charge in [0.15, 0.2) is 0 Å². The van der Waals surface area contributed by atoms with E-state index in [0.717, 1.165) is 23.8 Å². The molecule has 0 bridgehead atoms. The number of phosphoric ester groups is 1. The SMILES string of the molecule is CO.COP(=O)(OC)OC1CCCN(C(=O)c2ccc(NC(=O)c3ccccc3C)cc2C)c2ccc(Cl)cc21.Cc1ccccc1C(=O)Nc1ccc(C(=O)N2CCCC(O)c3cc(Cl)ccc32)c(C)c1.O=P(Cl)(Cl)Cl. The Labute approximate surface area is 473 Å². The van der Waals surface area contributed by atoms with Crippen LogP contribution in [-0.4, -0.2) is 68.3 Å². The number of fused-ring (bicyclic) bond motifs is 2. The summed E-state index contributed by atoms with van der Waals surface area (Å²) in [6.45, 7) is 8.39. The molecule has 15 nitrogen and oxygen atoms in total. The van der Waals surface area contributed by atoms with E-state index in [1.807, 2.05) is 64.1 Å². The molecule has 0 aromatic heterocycles. The van der Waals surface area contributed by atoms with Crippen molar-refractivity contribution in [3.63, 3.8) is 0 Å². The van der Waals surface area contributed by atoms with Crippen molar-refractivity contribution >= 4 is 116 Å². The lowest BCUT2D eigenvalue weighted by atomic mass is 10.0. The molecule has 2 unspecified atom stereocenters. The minimum atomic E-state index is -3.77. The molecule has 77 heavy (non-hydrogen) atoms. The highest BCUT2D eigenvalue weighted by molar-refractivity contribution is 8.24. The van der Waals surface area contributed by atoms with Gasteiger partial charge in [0, 0.05) is 101 Å². The number of carbonyl (C=O) groups is 4. The molecule has 2 aliphatic heterocycles. The standard InChI is InChI=1S/C28H30ClN2O6P.C26H25ClN2O3.CH4O.Cl3OP/c1-18-8-5-6-9-22(18)27(32)30-21-12-13-23(19(2)16-21)28(33)31-15-7-10-26(37-38(34,35-3)36-4)24-17-20(29)11-14-25(24)31;1-16-6-3-4-7-20(16)25(31)28-19-10-11-21(17(2)14-19)26(32)29-13-5-8-24(30)22-15-18(27)9-12-23(22)29;1-2;1-5(2,3)4/h5-6,8-9,11-14,16-17,26H,7,10,15H2,1-4H3,(H,30,32);3-4,6-7,9-12,14-15,24,30H,5,8,13H2,1-2H3,(H,28,31);2H,1H3;. The maximum atomic E-state index is 13.8. The molecule has 22 heteroatoms. The Kier molecular flexibility index (Phi) is 23.4. The zero-order valence-corrected chi connectivity index (χ0v) is 48.8. The summed E-state index contributed by atoms with van der Waals surface area (Å²) in [5.74, 6) is -0.744. The Balaban J connectivity index is 0.000000256. The monoisotopic (exact) mass is 1190 g/mol. The predicted octanol–water partition coefficient (Wildman–Crippen LogP) is 15.2. The molecular formula is C55H59Cl5N4O11P2. The highest BCUT2D eigenvalue weighted by Gasteiger charge is 2.35. The number of aliphatic hydroxyl groups excluding tert-OH is 2. The Hall–Kier alpha value is -5.09. The topological polar surface area (TPSA) is 201 Å². The number of aliphatic hydroxyl groups is 2. The number of hydrogen-bond donors (Lipinski definition) is 4. The summed E-state index contributed by atoms with van der Waals surface area (Å²) >= 11 is 26.3. The Morgan fingerprint density at radius 1 is 0.558 bits per heavy atom. The first-order chi connectivity index (χ1) is 36.5. The van der Waals surface area contributed by atoms with Crippen molar-refractivity contribution in [3.05, 3.63) is 187 Å². The van der Waals surface area contributed by atoms with Gasteiger partial charge in [0.05, 0.1) is 12.2 Å². The van der Waals surface area contributed by atoms with Crippen LogP contribution in [0.5, 0.6) is 0 Å². The van der Waals surface area contributed by atoms with E-state index in [-0.39, 0.29) is 23.6 Å². The van der Waals surface area contributed by atoms with Gasteiger partial charge in [-0.15, -0.1) is 0 Å². The van der Waals surface area contributed by atoms with Crippen LogP contribution < -0.4 is 20.4 Å². The summed E-state index contributed by atoms with van der Waals surface area (Å²) in [6, 6.07) is 35.7. The average Bonchev–Trinajstić information content (AvgIpc) is 3.67. The molecule has 6 aromatic rings. The van der Waals surface area contributed by atoms with Crippen LogP contribution in [0.25, 0.3) is 0 Å². The van der Waals surface area contributed by atoms with Crippen LogP contribution in [-0.2, 0) is 22.7 Å². The van der Waals surface area contributed by atoms with E-state index in [4.69, 9.17) is 41.9 Å². The molecule has 0 fully saturated rings. The van der Waals surface area contributed by atoms with Gasteiger partial charge < -0.3 is 30.6 Å². The van der Waals surface area contributed by atoms with Crippen LogP contribution in [0.3, 0.4) is 0 Å². The van der Waals surface area contributed by atoms with Gasteiger partial charge >= 0.3 is 13.0 Å². The third-order valence-electron chi connectivity index (χ3n) is 12.4. The fraction of sp³-hybridized carbons (Fsp3) is 0.273. The summed E-state index contributed by atoms with van der Waals surface area (Å²) in [6.07, 6.45) is 1.02. The van der Waals surface area contributed by atoms with Crippen molar-refractivity contribution in [1.82, 2.24) is 0 Å². The molecule has 2 heterocycles. The highest BCUT2D eigenvalue weighted by atomic mass is 36.0. The molecule has 0 radical (unpaired) electrons. The number of anilines is 4. The van der Waals surface area contributed by atoms with Gasteiger partial charge in [0.2, 0.25) is 0 Å². The first-order valence-corrected chi connectivity index (χ1v) is 30.5. The largest absolute Gasteiger partial charge is 0.474 e. The van der Waals surface area contributed by atoms with Crippen LogP contribution in [0, 0.1) is 27.7 Å². The summed E-state index contributed by atoms with van der Waals surface area (Å²) < 4.78 is 37.9. The van der Waals surface area contributed by atoms with E-state index in [9.17, 15) is 33.4 Å². The maximum absolute atomic E-state index is 13.8. The minimum Gasteiger partial charge on any atom is -0.400 e. The van der Waals surface area contributed by atoms with Crippen molar-refractivity contribution in [2.24, 2.45) is 0 Å². The molecule has 0 spiro atoms. The third-order valence-corrected chi connectivity index (χ3v) is 14.3. The molecule has 0 saturated heterocycles. The number of nitrogens with zero attached hydrogens (tertiary/aromatic N) is 2. The quantitative estimate of drug-likeness (QED) is 0.0951. The second-order valence-electron chi connectivity index (χ2n) is 17.5. The lowest BCUT2D eigenvalue weighted by Crippen LogP contribution is -2.32. The van der Waals surface area contributed by atoms with E-state index < -0.39 is 25.2 Å². The fourth-order valence-electron chi connectivity index (χ4n) is 8.65. The summed E-state index contributed by atoms with van der Waals surface area (Å²) in [5.41, 5.74) is 9.32. The normalized spacial score (nSPS) is 15.0. The molecule has 0 aliphatic carbocycles. The highest BCUT2D eigenvalue weighted by Crippen LogP contribution is 2.61. The van der Waals surface area contributed by atoms with Crippen molar-refractivity contribution < 1.29 is 52.1 Å². The number of phosphoric acid groups is 1. The van der Waals surface area contributed by atoms with E-state index in [0.29, 0.717) is 111 Å². The number of halogens is 5. The molecule has 6 aromatic carbocycles. The third kappa shape index (κ3) is 17.2. The van der Waals surface area contributed by atoms with Gasteiger partial charge in [-0.05, 0) is 194 Å². The fourth-order valence-corrected chi connectivity index (χ4v) is 9.86. The zero-order chi connectivity index (χ0) is 56.8. The van der Waals surface area contributed by atoms with Crippen LogP contribution in [0.4, 0.5) is 22.7 Å². The molecular weight excluding hydrogens is 1130 g/mol. The molecule has 4 amide bonds. The number of carbonyl (C=O) groups excluding carboxylic acids is 4. The van der Waals surface area contributed by atoms with Gasteiger partial charge in [0.25, 0.3) is 23.6 Å². The van der Waals surface area contributed by atoms with Gasteiger partial charge in [-0.3, -0.25) is 37.3 Å². The van der Waals surface area contributed by atoms with Gasteiger partial charge in [-0.25, -0.2) is 4.57 Å². The van der Waals surface area contributed by atoms with Crippen molar-refractivity contribution in [1.29, 1.82) is 0 Å². The van der Waals surface area contributed by atoms with Gasteiger partial charge in [0.1, 0.15) is 0 Å². The first-order valence-electron chi connectivity index (χ1n) is 23.9. The number of nitrogens with one attached hydrogen (secondary N) is 2. The second-order valence-corrected chi connectivity index (χ2v) is 26.9. The number of rotatable bonds is 10. The van der Waals surface area contributed by atoms with Crippen molar-refractivity contribution in [3.8, 4) is 0 Å². The number of hydrogen-bond acceptors (Lipinski definition) is 11. The molecule has 8 rings (SSSR count). The lowest BCUT2D eigenvalue weighted by molar-refractivity contribution is 0.0975. The first kappa shape index (κ1) is 62.7. The molecule has 2 aliphatic rings. The molecule has 0 saturated carbocycles. The molecule has 410 valence electrons. The van der Waals surface area contributed by atoms with Gasteiger partial charge in [-0.1, -0.05) is 59.6 Å². The van der Waals surface area contributed by atoms with Gasteiger partial charge in [-0.2, -0.15) is 0 Å².